The highest BCUT2D eigenvalue weighted by Gasteiger charge is 2.36. The summed E-state index contributed by atoms with van der Waals surface area (Å²) in [5.74, 6) is -0.582. The Labute approximate surface area is 189 Å². The van der Waals surface area contributed by atoms with Crippen LogP contribution >= 0.6 is 0 Å². The summed E-state index contributed by atoms with van der Waals surface area (Å²) in [5.41, 5.74) is 1.80. The molecular weight excluding hydrogens is 425 g/mol. The monoisotopic (exact) mass is 447 g/mol. The van der Waals surface area contributed by atoms with E-state index in [1.54, 1.807) is 27.7 Å². The van der Waals surface area contributed by atoms with Gasteiger partial charge in [0.05, 0.1) is 0 Å². The van der Waals surface area contributed by atoms with Crippen LogP contribution in [0.2, 0.25) is 0 Å². The summed E-state index contributed by atoms with van der Waals surface area (Å²) in [5, 5.41) is 5.51. The Kier molecular flexibility index (Phi) is 5.37. The maximum atomic E-state index is 13.1. The molecule has 2 N–H and O–H groups in total. The number of hydrogen-bond donors (Lipinski definition) is 2. The third kappa shape index (κ3) is 4.21. The summed E-state index contributed by atoms with van der Waals surface area (Å²) in [4.78, 5) is 44.0. The van der Waals surface area contributed by atoms with Crippen LogP contribution < -0.4 is 16.2 Å². The predicted octanol–water partition coefficient (Wildman–Crippen LogP) is 3.29. The molecule has 1 fully saturated rings. The number of anilines is 2. The number of nitrogens with zero attached hydrogens (tertiary/aromatic N) is 3. The highest BCUT2D eigenvalue weighted by molar-refractivity contribution is 6.04. The van der Waals surface area contributed by atoms with Gasteiger partial charge in [-0.25, -0.2) is 9.18 Å². The number of likely N-dealkylation sites (tertiary alicyclic amines) is 1. The summed E-state index contributed by atoms with van der Waals surface area (Å²) in [7, 11) is 0. The molecule has 2 aliphatic heterocycles. The average Bonchev–Trinajstić information content (AvgIpc) is 2.83. The van der Waals surface area contributed by atoms with E-state index >= 15 is 0 Å². The van der Waals surface area contributed by atoms with Crippen LogP contribution in [0, 0.1) is 11.7 Å². The number of rotatable bonds is 3. The van der Waals surface area contributed by atoms with Crippen molar-refractivity contribution in [1.29, 1.82) is 0 Å². The molecule has 3 aromatic rings. The highest BCUT2D eigenvalue weighted by atomic mass is 19.1. The second-order valence-corrected chi connectivity index (χ2v) is 8.42. The van der Waals surface area contributed by atoms with Crippen LogP contribution in [-0.2, 0) is 6.54 Å². The lowest BCUT2D eigenvalue weighted by atomic mass is 9.83. The Morgan fingerprint density at radius 1 is 0.939 bits per heavy atom. The topological polar surface area (TPSA) is 96.3 Å². The Morgan fingerprint density at radius 3 is 2.45 bits per heavy atom. The highest BCUT2D eigenvalue weighted by Crippen LogP contribution is 2.35. The number of pyridine rings is 2. The van der Waals surface area contributed by atoms with E-state index in [-0.39, 0.29) is 40.8 Å². The number of halogens is 1. The van der Waals surface area contributed by atoms with Crippen LogP contribution in [0.1, 0.15) is 28.4 Å². The van der Waals surface area contributed by atoms with Crippen molar-refractivity contribution in [1.82, 2.24) is 14.5 Å². The molecule has 2 unspecified atom stereocenters. The zero-order chi connectivity index (χ0) is 22.9. The molecule has 0 aliphatic carbocycles. The van der Waals surface area contributed by atoms with E-state index in [1.165, 1.54) is 36.7 Å². The molecule has 5 rings (SSSR count). The van der Waals surface area contributed by atoms with Crippen molar-refractivity contribution in [2.24, 2.45) is 5.92 Å². The molecule has 0 radical (unpaired) electrons. The van der Waals surface area contributed by atoms with Gasteiger partial charge >= 0.3 is 6.03 Å². The van der Waals surface area contributed by atoms with Crippen molar-refractivity contribution < 1.29 is 14.0 Å². The van der Waals surface area contributed by atoms with Crippen LogP contribution in [0.5, 0.6) is 0 Å². The molecule has 168 valence electrons. The van der Waals surface area contributed by atoms with E-state index in [0.29, 0.717) is 30.9 Å². The number of carbonyl (C=O) groups is 2. The maximum Gasteiger partial charge on any atom is 0.321 e. The molecule has 3 amide bonds. The first-order valence-electron chi connectivity index (χ1n) is 10.7. The van der Waals surface area contributed by atoms with E-state index in [4.69, 9.17) is 0 Å². The minimum Gasteiger partial charge on any atom is -0.324 e. The molecule has 1 aromatic carbocycles. The molecule has 33 heavy (non-hydrogen) atoms. The summed E-state index contributed by atoms with van der Waals surface area (Å²) in [6.45, 7) is 1.47. The lowest BCUT2D eigenvalue weighted by molar-refractivity contribution is 0.102. The molecule has 9 heteroatoms. The fourth-order valence-electron chi connectivity index (χ4n) is 4.64. The maximum absolute atomic E-state index is 13.1. The molecule has 2 aliphatic rings. The van der Waals surface area contributed by atoms with Crippen molar-refractivity contribution in [2.45, 2.75) is 18.9 Å². The van der Waals surface area contributed by atoms with E-state index in [0.717, 1.165) is 12.1 Å². The number of piperidine rings is 1. The Balaban J connectivity index is 1.32. The summed E-state index contributed by atoms with van der Waals surface area (Å²) in [6, 6.07) is 12.1. The molecule has 8 nitrogen and oxygen atoms in total. The quantitative estimate of drug-likeness (QED) is 0.644. The molecule has 2 atom stereocenters. The first-order valence-corrected chi connectivity index (χ1v) is 10.7. The Bertz CT molecular complexity index is 1260. The number of aromatic nitrogens is 2. The SMILES string of the molecule is O=C(Nc1ccc2n(c1=O)CC1CC2CN(C(=O)Nc2ccc(F)cc2)C1)c1ccncc1. The van der Waals surface area contributed by atoms with E-state index in [2.05, 4.69) is 15.6 Å². The minimum absolute atomic E-state index is 0.0223. The fraction of sp³-hybridized carbons (Fsp3) is 0.250. The second-order valence-electron chi connectivity index (χ2n) is 8.42. The first-order chi connectivity index (χ1) is 16.0. The normalized spacial score (nSPS) is 18.9. The third-order valence-corrected chi connectivity index (χ3v) is 6.18. The van der Waals surface area contributed by atoms with Gasteiger partial charge in [-0.05, 0) is 60.9 Å². The van der Waals surface area contributed by atoms with Crippen LogP contribution in [0.4, 0.5) is 20.6 Å². The standard InChI is InChI=1S/C24H22FN5O3/c25-18-1-3-19(4-2-18)27-24(33)29-12-15-11-17(14-29)21-6-5-20(23(32)30(21)13-15)28-22(31)16-7-9-26-10-8-16/h1-10,15,17H,11-14H2,(H,27,33)(H,28,31). The van der Waals surface area contributed by atoms with Gasteiger partial charge in [0.25, 0.3) is 11.5 Å². The van der Waals surface area contributed by atoms with Crippen molar-refractivity contribution in [2.75, 3.05) is 23.7 Å². The van der Waals surface area contributed by atoms with Gasteiger partial charge in [0.1, 0.15) is 11.5 Å². The molecule has 1 saturated heterocycles. The van der Waals surface area contributed by atoms with Crippen LogP contribution in [0.3, 0.4) is 0 Å². The second kappa shape index (κ2) is 8.50. The number of fused-ring (bicyclic) bond motifs is 4. The zero-order valence-corrected chi connectivity index (χ0v) is 17.7. The summed E-state index contributed by atoms with van der Waals surface area (Å²) in [6.07, 6.45) is 3.93. The van der Waals surface area contributed by atoms with E-state index in [9.17, 15) is 18.8 Å². The molecular formula is C24H22FN5O3. The van der Waals surface area contributed by atoms with Crippen LogP contribution in [-0.4, -0.2) is 39.5 Å². The van der Waals surface area contributed by atoms with Crippen LogP contribution in [0.15, 0.2) is 65.7 Å². The number of hydrogen-bond acceptors (Lipinski definition) is 4. The summed E-state index contributed by atoms with van der Waals surface area (Å²) >= 11 is 0. The van der Waals surface area contributed by atoms with E-state index < -0.39 is 0 Å². The lowest BCUT2D eigenvalue weighted by Gasteiger charge is -2.42. The zero-order valence-electron chi connectivity index (χ0n) is 17.7. The van der Waals surface area contributed by atoms with Gasteiger partial charge in [0.2, 0.25) is 0 Å². The third-order valence-electron chi connectivity index (χ3n) is 6.18. The fourth-order valence-corrected chi connectivity index (χ4v) is 4.64. The molecule has 0 saturated carbocycles. The molecule has 2 aromatic heterocycles. The lowest BCUT2D eigenvalue weighted by Crippen LogP contribution is -2.50. The van der Waals surface area contributed by atoms with Crippen molar-refractivity contribution in [3.8, 4) is 0 Å². The van der Waals surface area contributed by atoms with Gasteiger partial charge in [-0.15, -0.1) is 0 Å². The summed E-state index contributed by atoms with van der Waals surface area (Å²) < 4.78 is 14.8. The molecule has 2 bridgehead atoms. The molecule has 0 spiro atoms. The number of carbonyl (C=O) groups excluding carboxylic acids is 2. The van der Waals surface area contributed by atoms with Crippen molar-refractivity contribution in [3.63, 3.8) is 0 Å². The van der Waals surface area contributed by atoms with Crippen LogP contribution in [0.25, 0.3) is 0 Å². The average molecular weight is 447 g/mol. The van der Waals surface area contributed by atoms with Gasteiger partial charge < -0.3 is 20.1 Å². The number of nitrogens with one attached hydrogen (secondary N) is 2. The first kappa shape index (κ1) is 20.9. The van der Waals surface area contributed by atoms with Crippen molar-refractivity contribution in [3.05, 3.63) is 88.4 Å². The predicted molar refractivity (Wildman–Crippen MR) is 121 cm³/mol. The van der Waals surface area contributed by atoms with Gasteiger partial charge in [0.15, 0.2) is 0 Å². The molecule has 4 heterocycles. The van der Waals surface area contributed by atoms with E-state index in [1.807, 2.05) is 6.07 Å². The largest absolute Gasteiger partial charge is 0.324 e. The number of benzene rings is 1. The van der Waals surface area contributed by atoms with Gasteiger partial charge in [-0.3, -0.25) is 14.6 Å². The Hall–Kier alpha value is -4.01. The van der Waals surface area contributed by atoms with Gasteiger partial charge in [-0.2, -0.15) is 0 Å². The van der Waals surface area contributed by atoms with Gasteiger partial charge in [-0.1, -0.05) is 0 Å². The van der Waals surface area contributed by atoms with Crippen molar-refractivity contribution >= 4 is 23.3 Å². The smallest absolute Gasteiger partial charge is 0.321 e. The number of urea groups is 1. The minimum atomic E-state index is -0.366. The van der Waals surface area contributed by atoms with Gasteiger partial charge in [0, 0.05) is 54.9 Å². The number of amides is 3. The Morgan fingerprint density at radius 2 is 1.70 bits per heavy atom.